The molecule has 0 radical (unpaired) electrons. The van der Waals surface area contributed by atoms with Gasteiger partial charge in [-0.3, -0.25) is 4.79 Å². The molecule has 6 nitrogen and oxygen atoms in total. The second-order valence-electron chi connectivity index (χ2n) is 6.81. The number of ether oxygens (including phenoxy) is 1. The molecule has 2 aliphatic carbocycles. The number of nitrogens with one attached hydrogen (secondary N) is 2. The summed E-state index contributed by atoms with van der Waals surface area (Å²) >= 11 is 0. The normalized spacial score (nSPS) is 26.8. The standard InChI is InChI=1S/C16H28N2O4/c1-22-10-9-16(7-2-8-16)11-17-15(21)18-13-5-3-12(4-6-13)14(19)20/h12-13H,2-11H2,1H3,(H,19,20)(H2,17,18,21). The molecule has 0 unspecified atom stereocenters. The van der Waals surface area contributed by atoms with Gasteiger partial charge < -0.3 is 20.5 Å². The van der Waals surface area contributed by atoms with Gasteiger partial charge in [-0.1, -0.05) is 6.42 Å². The van der Waals surface area contributed by atoms with Gasteiger partial charge in [0.05, 0.1) is 5.92 Å². The second kappa shape index (κ2) is 7.81. The van der Waals surface area contributed by atoms with E-state index in [2.05, 4.69) is 10.6 Å². The Bertz CT molecular complexity index is 388. The highest BCUT2D eigenvalue weighted by atomic mass is 16.5. The molecule has 22 heavy (non-hydrogen) atoms. The number of aliphatic carboxylic acids is 1. The largest absolute Gasteiger partial charge is 0.481 e. The first-order chi connectivity index (χ1) is 10.5. The van der Waals surface area contributed by atoms with Gasteiger partial charge in [0.15, 0.2) is 0 Å². The lowest BCUT2D eigenvalue weighted by molar-refractivity contribution is -0.142. The van der Waals surface area contributed by atoms with Gasteiger partial charge in [0.25, 0.3) is 0 Å². The predicted molar refractivity (Wildman–Crippen MR) is 82.7 cm³/mol. The topological polar surface area (TPSA) is 87.7 Å². The Balaban J connectivity index is 1.67. The maximum atomic E-state index is 12.0. The number of methoxy groups -OCH3 is 1. The molecule has 126 valence electrons. The summed E-state index contributed by atoms with van der Waals surface area (Å²) < 4.78 is 5.15. The molecule has 0 saturated heterocycles. The number of carboxylic acids is 1. The van der Waals surface area contributed by atoms with Crippen molar-refractivity contribution >= 4 is 12.0 Å². The molecule has 2 aliphatic rings. The highest BCUT2D eigenvalue weighted by molar-refractivity contribution is 5.74. The molecule has 0 aliphatic heterocycles. The maximum absolute atomic E-state index is 12.0. The summed E-state index contributed by atoms with van der Waals surface area (Å²) in [4.78, 5) is 22.9. The Morgan fingerprint density at radius 3 is 2.41 bits per heavy atom. The number of carbonyl (C=O) groups excluding carboxylic acids is 1. The molecule has 0 bridgehead atoms. The minimum Gasteiger partial charge on any atom is -0.481 e. The number of rotatable bonds is 7. The van der Waals surface area contributed by atoms with E-state index in [1.54, 1.807) is 7.11 Å². The van der Waals surface area contributed by atoms with E-state index in [4.69, 9.17) is 9.84 Å². The SMILES string of the molecule is COCCC1(CNC(=O)NC2CCC(C(=O)O)CC2)CCC1. The highest BCUT2D eigenvalue weighted by Crippen LogP contribution is 2.43. The van der Waals surface area contributed by atoms with Crippen LogP contribution in [0.5, 0.6) is 0 Å². The Kier molecular flexibility index (Phi) is 6.06. The molecule has 0 heterocycles. The molecule has 0 atom stereocenters. The van der Waals surface area contributed by atoms with Gasteiger partial charge in [-0.05, 0) is 50.4 Å². The van der Waals surface area contributed by atoms with Crippen molar-refractivity contribution in [2.75, 3.05) is 20.3 Å². The van der Waals surface area contributed by atoms with Crippen LogP contribution in [-0.2, 0) is 9.53 Å². The molecule has 6 heteroatoms. The van der Waals surface area contributed by atoms with Crippen LogP contribution in [0.4, 0.5) is 4.79 Å². The van der Waals surface area contributed by atoms with E-state index < -0.39 is 5.97 Å². The molecule has 2 saturated carbocycles. The number of hydrogen-bond acceptors (Lipinski definition) is 3. The van der Waals surface area contributed by atoms with Crippen molar-refractivity contribution in [3.05, 3.63) is 0 Å². The molecule has 2 fully saturated rings. The quantitative estimate of drug-likeness (QED) is 0.672. The summed E-state index contributed by atoms with van der Waals surface area (Å²) in [6.07, 6.45) is 7.33. The third-order valence-electron chi connectivity index (χ3n) is 5.29. The van der Waals surface area contributed by atoms with E-state index in [9.17, 15) is 9.59 Å². The Morgan fingerprint density at radius 1 is 1.23 bits per heavy atom. The summed E-state index contributed by atoms with van der Waals surface area (Å²) in [6.45, 7) is 1.44. The Labute approximate surface area is 132 Å². The molecule has 0 aromatic carbocycles. The number of hydrogen-bond donors (Lipinski definition) is 3. The number of carbonyl (C=O) groups is 2. The summed E-state index contributed by atoms with van der Waals surface area (Å²) in [5, 5.41) is 14.9. The van der Waals surface area contributed by atoms with Gasteiger partial charge in [-0.2, -0.15) is 0 Å². The van der Waals surface area contributed by atoms with Gasteiger partial charge in [0, 0.05) is 26.3 Å². The van der Waals surface area contributed by atoms with Gasteiger partial charge in [0.1, 0.15) is 0 Å². The fourth-order valence-corrected chi connectivity index (χ4v) is 3.50. The van der Waals surface area contributed by atoms with Crippen LogP contribution in [0.2, 0.25) is 0 Å². The molecule has 0 spiro atoms. The third-order valence-corrected chi connectivity index (χ3v) is 5.29. The van der Waals surface area contributed by atoms with Gasteiger partial charge in [0.2, 0.25) is 0 Å². The van der Waals surface area contributed by atoms with Gasteiger partial charge in [-0.15, -0.1) is 0 Å². The van der Waals surface area contributed by atoms with Crippen molar-refractivity contribution in [3.63, 3.8) is 0 Å². The van der Waals surface area contributed by atoms with Crippen molar-refractivity contribution in [2.24, 2.45) is 11.3 Å². The van der Waals surface area contributed by atoms with Crippen LogP contribution in [0.25, 0.3) is 0 Å². The van der Waals surface area contributed by atoms with Gasteiger partial charge >= 0.3 is 12.0 Å². The van der Waals surface area contributed by atoms with E-state index >= 15 is 0 Å². The zero-order valence-electron chi connectivity index (χ0n) is 13.4. The smallest absolute Gasteiger partial charge is 0.315 e. The van der Waals surface area contributed by atoms with E-state index in [0.717, 1.165) is 38.7 Å². The first-order valence-corrected chi connectivity index (χ1v) is 8.31. The van der Waals surface area contributed by atoms with E-state index in [1.807, 2.05) is 0 Å². The van der Waals surface area contributed by atoms with Crippen molar-refractivity contribution in [1.29, 1.82) is 0 Å². The Morgan fingerprint density at radius 2 is 1.91 bits per heavy atom. The van der Waals surface area contributed by atoms with Crippen LogP contribution in [0.15, 0.2) is 0 Å². The van der Waals surface area contributed by atoms with E-state index in [-0.39, 0.29) is 23.4 Å². The molecule has 0 aromatic heterocycles. The molecular weight excluding hydrogens is 284 g/mol. The van der Waals surface area contributed by atoms with Crippen LogP contribution < -0.4 is 10.6 Å². The van der Waals surface area contributed by atoms with Crippen molar-refractivity contribution < 1.29 is 19.4 Å². The lowest BCUT2D eigenvalue weighted by Crippen LogP contribution is -2.49. The monoisotopic (exact) mass is 312 g/mol. The minimum atomic E-state index is -0.715. The van der Waals surface area contributed by atoms with Crippen molar-refractivity contribution in [3.8, 4) is 0 Å². The number of amides is 2. The molecule has 3 N–H and O–H groups in total. The molecular formula is C16H28N2O4. The zero-order valence-corrected chi connectivity index (χ0v) is 13.4. The number of carboxylic acid groups (broad SMARTS) is 1. The number of urea groups is 1. The van der Waals surface area contributed by atoms with Crippen LogP contribution >= 0.6 is 0 Å². The van der Waals surface area contributed by atoms with Crippen LogP contribution in [-0.4, -0.2) is 43.4 Å². The fraction of sp³-hybridized carbons (Fsp3) is 0.875. The summed E-state index contributed by atoms with van der Waals surface area (Å²) in [5.74, 6) is -0.957. The predicted octanol–water partition coefficient (Wildman–Crippen LogP) is 2.14. The van der Waals surface area contributed by atoms with Crippen LogP contribution in [0, 0.1) is 11.3 Å². The van der Waals surface area contributed by atoms with Crippen molar-refractivity contribution in [1.82, 2.24) is 10.6 Å². The van der Waals surface area contributed by atoms with Gasteiger partial charge in [-0.25, -0.2) is 4.79 Å². The molecule has 2 amide bonds. The first-order valence-electron chi connectivity index (χ1n) is 8.31. The maximum Gasteiger partial charge on any atom is 0.315 e. The third kappa shape index (κ3) is 4.60. The second-order valence-corrected chi connectivity index (χ2v) is 6.81. The minimum absolute atomic E-state index is 0.104. The van der Waals surface area contributed by atoms with E-state index in [0.29, 0.717) is 19.4 Å². The Hall–Kier alpha value is -1.30. The molecule has 2 rings (SSSR count). The summed E-state index contributed by atoms with van der Waals surface area (Å²) in [6, 6.07) is -0.0191. The van der Waals surface area contributed by atoms with E-state index in [1.165, 1.54) is 6.42 Å². The van der Waals surface area contributed by atoms with Crippen LogP contribution in [0.1, 0.15) is 51.4 Å². The average molecular weight is 312 g/mol. The van der Waals surface area contributed by atoms with Crippen LogP contribution in [0.3, 0.4) is 0 Å². The molecule has 0 aromatic rings. The zero-order chi connectivity index (χ0) is 16.0. The summed E-state index contributed by atoms with van der Waals surface area (Å²) in [7, 11) is 1.71. The average Bonchev–Trinajstić information content (AvgIpc) is 2.46. The summed E-state index contributed by atoms with van der Waals surface area (Å²) in [5.41, 5.74) is 0.217. The lowest BCUT2D eigenvalue weighted by Gasteiger charge is -2.42. The van der Waals surface area contributed by atoms with Crippen molar-refractivity contribution in [2.45, 2.75) is 57.4 Å². The lowest BCUT2D eigenvalue weighted by atomic mass is 9.67. The fourth-order valence-electron chi connectivity index (χ4n) is 3.50. The highest BCUT2D eigenvalue weighted by Gasteiger charge is 2.36. The first kappa shape index (κ1) is 17.1.